The largest absolute Gasteiger partial charge is 0.490 e. The van der Waals surface area contributed by atoms with Gasteiger partial charge in [-0.05, 0) is 6.07 Å². The second-order valence-corrected chi connectivity index (χ2v) is 10.7. The fourth-order valence-electron chi connectivity index (χ4n) is 2.41. The number of ether oxygens (including phenoxy) is 1. The number of rotatable bonds is 9. The summed E-state index contributed by atoms with van der Waals surface area (Å²) in [6.45, 7) is -1.24. The SMILES string of the molecule is Nc1ccn([C@@H]2O[C@](CCl)(COP(=O)(O)OP(=O)(O)OP(=O)(O)O)C(O)C2F)c(=O)n1. The third-order valence-corrected chi connectivity index (χ3v) is 7.94. The summed E-state index contributed by atoms with van der Waals surface area (Å²) in [5.41, 5.74) is 1.99. The van der Waals surface area contributed by atoms with Gasteiger partial charge in [-0.1, -0.05) is 0 Å². The van der Waals surface area contributed by atoms with Gasteiger partial charge in [0, 0.05) is 6.20 Å². The summed E-state index contributed by atoms with van der Waals surface area (Å²) in [6, 6.07) is 1.12. The van der Waals surface area contributed by atoms with Gasteiger partial charge in [-0.15, -0.1) is 11.6 Å². The molecule has 0 spiro atoms. The number of phosphoric ester groups is 1. The molecule has 0 amide bonds. The molecule has 1 saturated heterocycles. The summed E-state index contributed by atoms with van der Waals surface area (Å²) in [5, 5.41) is 10.2. The van der Waals surface area contributed by atoms with Crippen molar-refractivity contribution in [3.05, 3.63) is 22.7 Å². The van der Waals surface area contributed by atoms with Gasteiger partial charge in [-0.3, -0.25) is 9.09 Å². The van der Waals surface area contributed by atoms with Crippen molar-refractivity contribution < 1.29 is 60.6 Å². The van der Waals surface area contributed by atoms with Gasteiger partial charge in [0.1, 0.15) is 17.5 Å². The fourth-order valence-corrected chi connectivity index (χ4v) is 5.79. The lowest BCUT2D eigenvalue weighted by Crippen LogP contribution is -2.47. The predicted octanol–water partition coefficient (Wildman–Crippen LogP) is -0.626. The Morgan fingerprint density at radius 1 is 1.26 bits per heavy atom. The van der Waals surface area contributed by atoms with Crippen molar-refractivity contribution in [1.29, 1.82) is 0 Å². The van der Waals surface area contributed by atoms with E-state index in [9.17, 15) is 32.9 Å². The Morgan fingerprint density at radius 3 is 2.39 bits per heavy atom. The molecule has 1 aliphatic heterocycles. The zero-order valence-electron chi connectivity index (χ0n) is 14.9. The second-order valence-electron chi connectivity index (χ2n) is 6.00. The maximum atomic E-state index is 14.6. The van der Waals surface area contributed by atoms with Crippen LogP contribution in [0.5, 0.6) is 0 Å². The third-order valence-electron chi connectivity index (χ3n) is 3.71. The number of aliphatic hydroxyl groups excluding tert-OH is 1. The van der Waals surface area contributed by atoms with Gasteiger partial charge < -0.3 is 35.2 Å². The van der Waals surface area contributed by atoms with Gasteiger partial charge >= 0.3 is 29.2 Å². The van der Waals surface area contributed by atoms with Crippen LogP contribution in [0.4, 0.5) is 10.2 Å². The van der Waals surface area contributed by atoms with Crippen LogP contribution in [-0.4, -0.2) is 64.6 Å². The molecule has 0 bridgehead atoms. The standard InChI is InChI=1S/C10H16ClFN3O13P3/c11-3-10(4-25-30(21,22)28-31(23,24)27-29(18,19)20)7(16)6(12)8(26-10)15-2-1-5(13)14-9(15)17/h1-2,6-8,16H,3-4H2,(H,21,22)(H,23,24)(H2,13,14,17)(H2,18,19,20)/t6?,7?,8-,10-/m1/s1. The highest BCUT2D eigenvalue weighted by molar-refractivity contribution is 7.66. The van der Waals surface area contributed by atoms with Crippen LogP contribution in [0, 0.1) is 0 Å². The van der Waals surface area contributed by atoms with E-state index in [1.807, 2.05) is 0 Å². The molecule has 6 atom stereocenters. The van der Waals surface area contributed by atoms with Crippen LogP contribution < -0.4 is 11.4 Å². The van der Waals surface area contributed by atoms with E-state index < -0.39 is 65.7 Å². The van der Waals surface area contributed by atoms with Crippen molar-refractivity contribution in [3.8, 4) is 0 Å². The zero-order chi connectivity index (χ0) is 23.8. The van der Waals surface area contributed by atoms with Gasteiger partial charge in [0.15, 0.2) is 12.4 Å². The van der Waals surface area contributed by atoms with Crippen LogP contribution in [0.1, 0.15) is 6.23 Å². The number of nitrogens with two attached hydrogens (primary N) is 1. The van der Waals surface area contributed by atoms with Crippen molar-refractivity contribution in [1.82, 2.24) is 9.55 Å². The lowest BCUT2D eigenvalue weighted by atomic mass is 9.99. The van der Waals surface area contributed by atoms with Gasteiger partial charge in [-0.2, -0.15) is 13.6 Å². The minimum atomic E-state index is -5.80. The molecule has 21 heteroatoms. The number of phosphoric acid groups is 3. The number of nitrogen functional groups attached to an aromatic ring is 1. The quantitative estimate of drug-likeness (QED) is 0.171. The summed E-state index contributed by atoms with van der Waals surface area (Å²) in [7, 11) is -17.0. The molecule has 178 valence electrons. The van der Waals surface area contributed by atoms with E-state index in [2.05, 4.69) is 18.1 Å². The molecule has 0 aromatic carbocycles. The molecule has 4 unspecified atom stereocenters. The molecule has 1 aromatic heterocycles. The average Bonchev–Trinajstić information content (AvgIpc) is 2.82. The number of anilines is 1. The molecular weight excluding hydrogens is 517 g/mol. The summed E-state index contributed by atoms with van der Waals surface area (Å²) in [4.78, 5) is 50.9. The highest BCUT2D eigenvalue weighted by atomic mass is 35.5. The maximum Gasteiger partial charge on any atom is 0.490 e. The third kappa shape index (κ3) is 6.62. The predicted molar refractivity (Wildman–Crippen MR) is 97.2 cm³/mol. The molecule has 2 heterocycles. The Kier molecular flexibility index (Phi) is 7.89. The Bertz CT molecular complexity index is 1020. The molecule has 2 rings (SSSR count). The first-order valence-corrected chi connectivity index (χ1v) is 12.8. The zero-order valence-corrected chi connectivity index (χ0v) is 18.3. The second kappa shape index (κ2) is 9.23. The number of hydrogen-bond donors (Lipinski definition) is 6. The lowest BCUT2D eigenvalue weighted by Gasteiger charge is -2.29. The van der Waals surface area contributed by atoms with Crippen molar-refractivity contribution in [3.63, 3.8) is 0 Å². The van der Waals surface area contributed by atoms with E-state index in [1.165, 1.54) is 0 Å². The highest BCUT2D eigenvalue weighted by Gasteiger charge is 2.57. The monoisotopic (exact) mass is 533 g/mol. The average molecular weight is 534 g/mol. The first kappa shape index (κ1) is 26.5. The normalized spacial score (nSPS) is 30.6. The first-order valence-electron chi connectivity index (χ1n) is 7.70. The number of hydrogen-bond acceptors (Lipinski definition) is 11. The highest BCUT2D eigenvalue weighted by Crippen LogP contribution is 2.66. The van der Waals surface area contributed by atoms with E-state index in [0.29, 0.717) is 4.57 Å². The molecule has 1 fully saturated rings. The smallest absolute Gasteiger partial charge is 0.387 e. The van der Waals surface area contributed by atoms with Crippen molar-refractivity contribution in [2.45, 2.75) is 24.1 Å². The molecule has 31 heavy (non-hydrogen) atoms. The van der Waals surface area contributed by atoms with Gasteiger partial charge in [0.05, 0.1) is 12.5 Å². The molecule has 16 nitrogen and oxygen atoms in total. The lowest BCUT2D eigenvalue weighted by molar-refractivity contribution is -0.113. The molecular formula is C10H16ClFN3O13P3. The number of halogens is 2. The van der Waals surface area contributed by atoms with Gasteiger partial charge in [-0.25, -0.2) is 22.9 Å². The topological polar surface area (TPSA) is 250 Å². The summed E-state index contributed by atoms with van der Waals surface area (Å²) in [5.74, 6) is -0.968. The molecule has 0 aliphatic carbocycles. The van der Waals surface area contributed by atoms with Crippen LogP contribution in [0.3, 0.4) is 0 Å². The van der Waals surface area contributed by atoms with Crippen molar-refractivity contribution in [2.75, 3.05) is 18.2 Å². The van der Waals surface area contributed by atoms with Crippen LogP contribution in [0.25, 0.3) is 0 Å². The summed E-state index contributed by atoms with van der Waals surface area (Å²) in [6.07, 6.45) is -5.29. The first-order chi connectivity index (χ1) is 14.0. The van der Waals surface area contributed by atoms with Gasteiger partial charge in [0.2, 0.25) is 0 Å². The van der Waals surface area contributed by atoms with Crippen LogP contribution in [0.15, 0.2) is 17.1 Å². The Labute approximate surface area is 176 Å². The van der Waals surface area contributed by atoms with E-state index in [-0.39, 0.29) is 5.82 Å². The Balaban J connectivity index is 2.20. The van der Waals surface area contributed by atoms with E-state index in [4.69, 9.17) is 36.8 Å². The molecule has 0 saturated carbocycles. The number of nitrogens with zero attached hydrogens (tertiary/aromatic N) is 2. The van der Waals surface area contributed by atoms with E-state index in [1.54, 1.807) is 0 Å². The Hall–Kier alpha value is -0.770. The van der Waals surface area contributed by atoms with Crippen molar-refractivity contribution >= 4 is 40.9 Å². The number of aromatic nitrogens is 2. The maximum absolute atomic E-state index is 14.6. The van der Waals surface area contributed by atoms with Gasteiger partial charge in [0.25, 0.3) is 0 Å². The summed E-state index contributed by atoms with van der Waals surface area (Å²) >= 11 is 5.69. The molecule has 7 N–H and O–H groups in total. The van der Waals surface area contributed by atoms with E-state index >= 15 is 0 Å². The Morgan fingerprint density at radius 2 is 1.87 bits per heavy atom. The fraction of sp³-hybridized carbons (Fsp3) is 0.600. The molecule has 1 aliphatic rings. The van der Waals surface area contributed by atoms with Crippen LogP contribution in [-0.2, 0) is 31.6 Å². The number of aliphatic hydroxyl groups is 1. The minimum absolute atomic E-state index is 0.188. The number of alkyl halides is 2. The molecule has 1 aromatic rings. The van der Waals surface area contributed by atoms with E-state index in [0.717, 1.165) is 12.3 Å². The molecule has 0 radical (unpaired) electrons. The minimum Gasteiger partial charge on any atom is -0.387 e. The van der Waals surface area contributed by atoms with Crippen LogP contribution >= 0.6 is 35.1 Å². The summed E-state index contributed by atoms with van der Waals surface area (Å²) < 4.78 is 65.8. The van der Waals surface area contributed by atoms with Crippen molar-refractivity contribution in [2.24, 2.45) is 0 Å². The van der Waals surface area contributed by atoms with Crippen LogP contribution in [0.2, 0.25) is 0 Å².